The van der Waals surface area contributed by atoms with Gasteiger partial charge in [0, 0.05) is 33.8 Å². The van der Waals surface area contributed by atoms with Crippen molar-refractivity contribution in [1.29, 1.82) is 0 Å². The smallest absolute Gasteiger partial charge is 0.168 e. The largest absolute Gasteiger partial charge is 0.497 e. The molecule has 0 spiro atoms. The minimum Gasteiger partial charge on any atom is -0.497 e. The lowest BCUT2D eigenvalue weighted by atomic mass is 9.87. The molecule has 4 rings (SSSR count). The van der Waals surface area contributed by atoms with E-state index in [1.807, 2.05) is 30.3 Å². The minimum atomic E-state index is -0.584. The van der Waals surface area contributed by atoms with Crippen LogP contribution in [0.25, 0.3) is 0 Å². The van der Waals surface area contributed by atoms with Crippen LogP contribution in [0.15, 0.2) is 30.3 Å². The first-order valence-corrected chi connectivity index (χ1v) is 10.7. The second-order valence-electron chi connectivity index (χ2n) is 7.71. The number of rotatable bonds is 6. The van der Waals surface area contributed by atoms with Gasteiger partial charge >= 0.3 is 0 Å². The SMILES string of the molecule is COc1ccc(O[C@@H]2CC[C@@H](NCC3CCc4sc(C)cc4C3=O)[C@@H]2O)cc1.Cl. The van der Waals surface area contributed by atoms with Crippen LogP contribution in [0.3, 0.4) is 0 Å². The van der Waals surface area contributed by atoms with Crippen molar-refractivity contribution in [3.8, 4) is 11.5 Å². The summed E-state index contributed by atoms with van der Waals surface area (Å²) in [5, 5.41) is 14.1. The van der Waals surface area contributed by atoms with Crippen molar-refractivity contribution in [3.05, 3.63) is 45.6 Å². The Bertz CT molecular complexity index is 838. The quantitative estimate of drug-likeness (QED) is 0.719. The van der Waals surface area contributed by atoms with Crippen LogP contribution in [0.4, 0.5) is 0 Å². The molecule has 1 heterocycles. The fraction of sp³-hybridized carbons (Fsp3) is 0.500. The average Bonchev–Trinajstić information content (AvgIpc) is 3.25. The second-order valence-corrected chi connectivity index (χ2v) is 9.05. The van der Waals surface area contributed by atoms with Crippen molar-refractivity contribution in [2.75, 3.05) is 13.7 Å². The molecule has 158 valence electrons. The molecule has 0 amide bonds. The predicted molar refractivity (Wildman–Crippen MR) is 117 cm³/mol. The Kier molecular flexibility index (Phi) is 7.22. The van der Waals surface area contributed by atoms with Crippen molar-refractivity contribution < 1.29 is 19.4 Å². The van der Waals surface area contributed by atoms with E-state index in [0.717, 1.165) is 42.7 Å². The Morgan fingerprint density at radius 3 is 2.62 bits per heavy atom. The van der Waals surface area contributed by atoms with Gasteiger partial charge in [-0.15, -0.1) is 23.7 Å². The van der Waals surface area contributed by atoms with Gasteiger partial charge in [0.15, 0.2) is 5.78 Å². The summed E-state index contributed by atoms with van der Waals surface area (Å²) < 4.78 is 11.1. The van der Waals surface area contributed by atoms with E-state index in [0.29, 0.717) is 6.54 Å². The number of carbonyl (C=O) groups excluding carboxylic acids is 1. The summed E-state index contributed by atoms with van der Waals surface area (Å²) in [6.07, 6.45) is 2.66. The van der Waals surface area contributed by atoms with Crippen LogP contribution >= 0.6 is 23.7 Å². The van der Waals surface area contributed by atoms with Crippen LogP contribution in [0, 0.1) is 12.8 Å². The summed E-state index contributed by atoms with van der Waals surface area (Å²) in [7, 11) is 1.63. The molecule has 0 radical (unpaired) electrons. The fourth-order valence-corrected chi connectivity index (χ4v) is 5.28. The summed E-state index contributed by atoms with van der Waals surface area (Å²) in [6, 6.07) is 9.39. The third-order valence-electron chi connectivity index (χ3n) is 5.82. The number of aliphatic hydroxyl groups excluding tert-OH is 1. The summed E-state index contributed by atoms with van der Waals surface area (Å²) in [6.45, 7) is 2.67. The zero-order valence-corrected chi connectivity index (χ0v) is 18.4. The molecule has 4 atom stereocenters. The van der Waals surface area contributed by atoms with E-state index in [1.54, 1.807) is 18.4 Å². The lowest BCUT2D eigenvalue weighted by Gasteiger charge is -2.25. The summed E-state index contributed by atoms with van der Waals surface area (Å²) in [5.41, 5.74) is 0.910. The lowest BCUT2D eigenvalue weighted by molar-refractivity contribution is 0.0441. The summed E-state index contributed by atoms with van der Waals surface area (Å²) in [4.78, 5) is 15.2. The number of hydrogen-bond acceptors (Lipinski definition) is 6. The monoisotopic (exact) mass is 437 g/mol. The number of fused-ring (bicyclic) bond motifs is 1. The number of carbonyl (C=O) groups is 1. The third kappa shape index (κ3) is 4.77. The molecule has 0 aliphatic heterocycles. The molecule has 2 aliphatic carbocycles. The van der Waals surface area contributed by atoms with E-state index in [4.69, 9.17) is 9.47 Å². The van der Waals surface area contributed by atoms with Gasteiger partial charge in [-0.05, 0) is 62.9 Å². The Hall–Kier alpha value is -1.60. The van der Waals surface area contributed by atoms with E-state index in [-0.39, 0.29) is 36.3 Å². The van der Waals surface area contributed by atoms with E-state index in [1.165, 1.54) is 9.75 Å². The zero-order chi connectivity index (χ0) is 19.7. The molecular weight excluding hydrogens is 410 g/mol. The normalized spacial score (nSPS) is 26.0. The maximum absolute atomic E-state index is 12.7. The number of Topliss-reactive ketones (excluding diaryl/α,β-unsaturated/α-hetero) is 1. The van der Waals surface area contributed by atoms with Gasteiger partial charge in [0.25, 0.3) is 0 Å². The minimum absolute atomic E-state index is 0. The molecule has 0 saturated heterocycles. The number of thiophene rings is 1. The van der Waals surface area contributed by atoms with Gasteiger partial charge in [-0.2, -0.15) is 0 Å². The van der Waals surface area contributed by atoms with Gasteiger partial charge in [0.2, 0.25) is 0 Å². The summed E-state index contributed by atoms with van der Waals surface area (Å²) >= 11 is 1.74. The van der Waals surface area contributed by atoms with Crippen LogP contribution in [0.2, 0.25) is 0 Å². The number of aryl methyl sites for hydroxylation is 2. The van der Waals surface area contributed by atoms with Gasteiger partial charge in [-0.25, -0.2) is 0 Å². The van der Waals surface area contributed by atoms with Crippen molar-refractivity contribution in [2.45, 2.75) is 50.9 Å². The number of aliphatic hydroxyl groups is 1. The van der Waals surface area contributed by atoms with Crippen molar-refractivity contribution in [2.24, 2.45) is 5.92 Å². The molecule has 1 fully saturated rings. The highest BCUT2D eigenvalue weighted by molar-refractivity contribution is 7.12. The molecule has 2 aromatic rings. The van der Waals surface area contributed by atoms with Crippen LogP contribution < -0.4 is 14.8 Å². The molecule has 7 heteroatoms. The van der Waals surface area contributed by atoms with E-state index in [2.05, 4.69) is 12.2 Å². The standard InChI is InChI=1S/C22H27NO4S.ClH/c1-13-11-17-20(28-13)10-3-14(21(17)24)12-23-18-8-9-19(22(18)25)27-16-6-4-15(26-2)5-7-16;/h4-7,11,14,18-19,22-23,25H,3,8-10,12H2,1-2H3;1H/t14?,18-,19-,22+;/m1./s1. The maximum atomic E-state index is 12.7. The Labute approximate surface area is 181 Å². The molecular formula is C22H28ClNO4S. The predicted octanol–water partition coefficient (Wildman–Crippen LogP) is 3.79. The molecule has 29 heavy (non-hydrogen) atoms. The second kappa shape index (κ2) is 9.47. The third-order valence-corrected chi connectivity index (χ3v) is 6.93. The molecule has 1 aromatic heterocycles. The van der Waals surface area contributed by atoms with Gasteiger partial charge < -0.3 is 19.9 Å². The first-order chi connectivity index (χ1) is 13.5. The lowest BCUT2D eigenvalue weighted by Crippen LogP contribution is -2.44. The molecule has 1 aromatic carbocycles. The highest BCUT2D eigenvalue weighted by Crippen LogP contribution is 2.32. The van der Waals surface area contributed by atoms with Gasteiger partial charge in [0.05, 0.1) is 7.11 Å². The fourth-order valence-electron chi connectivity index (χ4n) is 4.23. The van der Waals surface area contributed by atoms with Gasteiger partial charge in [0.1, 0.15) is 23.7 Å². The number of benzene rings is 1. The van der Waals surface area contributed by atoms with Crippen LogP contribution in [-0.4, -0.2) is 42.8 Å². The highest BCUT2D eigenvalue weighted by Gasteiger charge is 2.37. The van der Waals surface area contributed by atoms with Crippen molar-refractivity contribution in [1.82, 2.24) is 5.32 Å². The molecule has 2 N–H and O–H groups in total. The molecule has 0 bridgehead atoms. The number of nitrogens with one attached hydrogen (secondary N) is 1. The highest BCUT2D eigenvalue weighted by atomic mass is 35.5. The van der Waals surface area contributed by atoms with Crippen LogP contribution in [0.1, 0.15) is 39.4 Å². The van der Waals surface area contributed by atoms with E-state index >= 15 is 0 Å². The Morgan fingerprint density at radius 1 is 1.17 bits per heavy atom. The molecule has 1 unspecified atom stereocenters. The number of hydrogen-bond donors (Lipinski definition) is 2. The van der Waals surface area contributed by atoms with Crippen LogP contribution in [-0.2, 0) is 6.42 Å². The molecule has 2 aliphatic rings. The van der Waals surface area contributed by atoms with Gasteiger partial charge in [-0.3, -0.25) is 4.79 Å². The first kappa shape index (κ1) is 22.1. The number of ether oxygens (including phenoxy) is 2. The number of methoxy groups -OCH3 is 1. The number of ketones is 1. The topological polar surface area (TPSA) is 67.8 Å². The van der Waals surface area contributed by atoms with E-state index < -0.39 is 6.10 Å². The van der Waals surface area contributed by atoms with E-state index in [9.17, 15) is 9.90 Å². The first-order valence-electron chi connectivity index (χ1n) is 9.91. The molecule has 5 nitrogen and oxygen atoms in total. The van der Waals surface area contributed by atoms with Gasteiger partial charge in [-0.1, -0.05) is 0 Å². The zero-order valence-electron chi connectivity index (χ0n) is 16.7. The Balaban J connectivity index is 0.00000240. The summed E-state index contributed by atoms with van der Waals surface area (Å²) in [5.74, 6) is 1.75. The van der Waals surface area contributed by atoms with Crippen molar-refractivity contribution in [3.63, 3.8) is 0 Å². The van der Waals surface area contributed by atoms with Crippen LogP contribution in [0.5, 0.6) is 11.5 Å². The molecule has 1 saturated carbocycles. The average molecular weight is 438 g/mol. The number of halogens is 1. The van der Waals surface area contributed by atoms with Crippen molar-refractivity contribution >= 4 is 29.5 Å². The maximum Gasteiger partial charge on any atom is 0.168 e. The Morgan fingerprint density at radius 2 is 1.90 bits per heavy atom.